The molecule has 4 nitrogen and oxygen atoms in total. The van der Waals surface area contributed by atoms with Gasteiger partial charge < -0.3 is 15.4 Å². The first-order chi connectivity index (χ1) is 10.1. The van der Waals surface area contributed by atoms with E-state index in [0.29, 0.717) is 11.4 Å². The second-order valence-electron chi connectivity index (χ2n) is 4.23. The summed E-state index contributed by atoms with van der Waals surface area (Å²) >= 11 is 0. The molecule has 1 amide bonds. The van der Waals surface area contributed by atoms with Gasteiger partial charge in [-0.3, -0.25) is 4.79 Å². The van der Waals surface area contributed by atoms with Crippen molar-refractivity contribution < 1.29 is 18.3 Å². The molecule has 0 fully saturated rings. The Kier molecular flexibility index (Phi) is 4.71. The molecule has 2 rings (SSSR count). The molecule has 0 radical (unpaired) electrons. The van der Waals surface area contributed by atoms with E-state index in [1.54, 1.807) is 24.3 Å². The summed E-state index contributed by atoms with van der Waals surface area (Å²) in [6.07, 6.45) is 0. The molecule has 2 N–H and O–H groups in total. The van der Waals surface area contributed by atoms with Gasteiger partial charge in [-0.1, -0.05) is 12.1 Å². The van der Waals surface area contributed by atoms with Gasteiger partial charge in [-0.25, -0.2) is 8.78 Å². The number of hydrogen-bond donors (Lipinski definition) is 2. The Morgan fingerprint density at radius 2 is 1.81 bits per heavy atom. The fourth-order valence-electron chi connectivity index (χ4n) is 1.72. The fraction of sp³-hybridized carbons (Fsp3) is 0.133. The van der Waals surface area contributed by atoms with Crippen LogP contribution in [0.25, 0.3) is 0 Å². The molecule has 0 bridgehead atoms. The molecule has 0 aromatic heterocycles. The Hall–Kier alpha value is -2.63. The molecule has 0 aliphatic carbocycles. The van der Waals surface area contributed by atoms with E-state index in [4.69, 9.17) is 4.74 Å². The van der Waals surface area contributed by atoms with Crippen LogP contribution in [0.3, 0.4) is 0 Å². The Balaban J connectivity index is 1.96. The summed E-state index contributed by atoms with van der Waals surface area (Å²) in [6.45, 7) is -0.124. The Labute approximate surface area is 120 Å². The van der Waals surface area contributed by atoms with Gasteiger partial charge in [-0.05, 0) is 24.3 Å². The molecule has 2 aromatic carbocycles. The van der Waals surface area contributed by atoms with E-state index in [-0.39, 0.29) is 6.54 Å². The number of anilines is 2. The van der Waals surface area contributed by atoms with Gasteiger partial charge in [0.05, 0.1) is 13.7 Å². The lowest BCUT2D eigenvalue weighted by Crippen LogP contribution is -2.23. The monoisotopic (exact) mass is 292 g/mol. The molecule has 0 saturated heterocycles. The van der Waals surface area contributed by atoms with Gasteiger partial charge in [0.15, 0.2) is 0 Å². The lowest BCUT2D eigenvalue weighted by molar-refractivity contribution is -0.114. The standard InChI is InChI=1S/C15H14F2N2O2/c1-21-11-5-2-4-10(8-11)18-9-14(20)19-15-12(16)6-3-7-13(15)17/h2-8,18H,9H2,1H3,(H,19,20). The van der Waals surface area contributed by atoms with Gasteiger partial charge in [-0.15, -0.1) is 0 Å². The number of rotatable bonds is 5. The van der Waals surface area contributed by atoms with Crippen LogP contribution in [-0.2, 0) is 4.79 Å². The first-order valence-electron chi connectivity index (χ1n) is 6.22. The Morgan fingerprint density at radius 1 is 1.14 bits per heavy atom. The van der Waals surface area contributed by atoms with E-state index in [1.807, 2.05) is 0 Å². The first kappa shape index (κ1) is 14.8. The van der Waals surface area contributed by atoms with Gasteiger partial charge in [0.2, 0.25) is 5.91 Å². The summed E-state index contributed by atoms with van der Waals surface area (Å²) in [7, 11) is 1.53. The first-order valence-corrected chi connectivity index (χ1v) is 6.22. The molecular weight excluding hydrogens is 278 g/mol. The van der Waals surface area contributed by atoms with Crippen molar-refractivity contribution in [3.05, 3.63) is 54.1 Å². The summed E-state index contributed by atoms with van der Waals surface area (Å²) in [5.41, 5.74) is 0.216. The molecule has 0 heterocycles. The molecule has 21 heavy (non-hydrogen) atoms. The largest absolute Gasteiger partial charge is 0.497 e. The Morgan fingerprint density at radius 3 is 2.48 bits per heavy atom. The summed E-state index contributed by atoms with van der Waals surface area (Å²) in [4.78, 5) is 11.7. The predicted octanol–water partition coefficient (Wildman–Crippen LogP) is 3.02. The van der Waals surface area contributed by atoms with Gasteiger partial charge in [-0.2, -0.15) is 0 Å². The molecule has 2 aromatic rings. The van der Waals surface area contributed by atoms with E-state index in [2.05, 4.69) is 10.6 Å². The van der Waals surface area contributed by atoms with Crippen LogP contribution >= 0.6 is 0 Å². The van der Waals surface area contributed by atoms with Crippen molar-refractivity contribution >= 4 is 17.3 Å². The molecule has 0 saturated carbocycles. The second kappa shape index (κ2) is 6.69. The average Bonchev–Trinajstić information content (AvgIpc) is 2.49. The molecule has 0 atom stereocenters. The zero-order valence-electron chi connectivity index (χ0n) is 11.3. The number of hydrogen-bond acceptors (Lipinski definition) is 3. The van der Waals surface area contributed by atoms with Gasteiger partial charge in [0.25, 0.3) is 0 Å². The number of nitrogens with one attached hydrogen (secondary N) is 2. The normalized spacial score (nSPS) is 10.0. The number of halogens is 2. The number of carbonyl (C=O) groups is 1. The minimum absolute atomic E-state index is 0.124. The smallest absolute Gasteiger partial charge is 0.243 e. The van der Waals surface area contributed by atoms with E-state index >= 15 is 0 Å². The highest BCUT2D eigenvalue weighted by atomic mass is 19.1. The maximum atomic E-state index is 13.4. The number of para-hydroxylation sites is 1. The van der Waals surface area contributed by atoms with Gasteiger partial charge >= 0.3 is 0 Å². The van der Waals surface area contributed by atoms with Crippen LogP contribution in [0.4, 0.5) is 20.2 Å². The highest BCUT2D eigenvalue weighted by Gasteiger charge is 2.11. The average molecular weight is 292 g/mol. The number of ether oxygens (including phenoxy) is 1. The Bertz CT molecular complexity index is 627. The van der Waals surface area contributed by atoms with Crippen molar-refractivity contribution in [2.24, 2.45) is 0 Å². The van der Waals surface area contributed by atoms with E-state index in [9.17, 15) is 13.6 Å². The van der Waals surface area contributed by atoms with Crippen LogP contribution in [-0.4, -0.2) is 19.6 Å². The van der Waals surface area contributed by atoms with Crippen LogP contribution < -0.4 is 15.4 Å². The van der Waals surface area contributed by atoms with Crippen LogP contribution in [0.5, 0.6) is 5.75 Å². The number of amides is 1. The highest BCUT2D eigenvalue weighted by Crippen LogP contribution is 2.18. The van der Waals surface area contributed by atoms with Crippen molar-refractivity contribution in [3.63, 3.8) is 0 Å². The van der Waals surface area contributed by atoms with Crippen molar-refractivity contribution in [2.75, 3.05) is 24.3 Å². The highest BCUT2D eigenvalue weighted by molar-refractivity contribution is 5.94. The third kappa shape index (κ3) is 3.92. The molecule has 0 spiro atoms. The van der Waals surface area contributed by atoms with Crippen molar-refractivity contribution in [1.29, 1.82) is 0 Å². The predicted molar refractivity (Wildman–Crippen MR) is 76.5 cm³/mol. The number of carbonyl (C=O) groups excluding carboxylic acids is 1. The molecular formula is C15H14F2N2O2. The lowest BCUT2D eigenvalue weighted by Gasteiger charge is -2.10. The van der Waals surface area contributed by atoms with Crippen LogP contribution in [0.15, 0.2) is 42.5 Å². The van der Waals surface area contributed by atoms with Crippen LogP contribution in [0.2, 0.25) is 0 Å². The molecule has 110 valence electrons. The third-order valence-corrected chi connectivity index (χ3v) is 2.75. The fourth-order valence-corrected chi connectivity index (χ4v) is 1.72. The van der Waals surface area contributed by atoms with E-state index in [0.717, 1.165) is 12.1 Å². The number of methoxy groups -OCH3 is 1. The minimum Gasteiger partial charge on any atom is -0.497 e. The second-order valence-corrected chi connectivity index (χ2v) is 4.23. The topological polar surface area (TPSA) is 50.4 Å². The van der Waals surface area contributed by atoms with Crippen LogP contribution in [0, 0.1) is 11.6 Å². The quantitative estimate of drug-likeness (QED) is 0.890. The summed E-state index contributed by atoms with van der Waals surface area (Å²) in [5.74, 6) is -1.54. The van der Waals surface area contributed by atoms with Gasteiger partial charge in [0.1, 0.15) is 23.1 Å². The minimum atomic E-state index is -0.815. The maximum absolute atomic E-state index is 13.4. The zero-order chi connectivity index (χ0) is 15.2. The van der Waals surface area contributed by atoms with Crippen molar-refractivity contribution in [3.8, 4) is 5.75 Å². The molecule has 0 aliphatic heterocycles. The molecule has 6 heteroatoms. The lowest BCUT2D eigenvalue weighted by atomic mass is 10.3. The van der Waals surface area contributed by atoms with Crippen molar-refractivity contribution in [1.82, 2.24) is 0 Å². The van der Waals surface area contributed by atoms with Crippen LogP contribution in [0.1, 0.15) is 0 Å². The van der Waals surface area contributed by atoms with E-state index in [1.165, 1.54) is 13.2 Å². The third-order valence-electron chi connectivity index (χ3n) is 2.75. The SMILES string of the molecule is COc1cccc(NCC(=O)Nc2c(F)cccc2F)c1. The van der Waals surface area contributed by atoms with E-state index < -0.39 is 23.2 Å². The summed E-state index contributed by atoms with van der Waals surface area (Å²) in [6, 6.07) is 10.4. The zero-order valence-corrected chi connectivity index (χ0v) is 11.3. The maximum Gasteiger partial charge on any atom is 0.243 e. The van der Waals surface area contributed by atoms with Crippen molar-refractivity contribution in [2.45, 2.75) is 0 Å². The number of benzene rings is 2. The molecule has 0 aliphatic rings. The summed E-state index contributed by atoms with van der Waals surface area (Å²) < 4.78 is 31.8. The summed E-state index contributed by atoms with van der Waals surface area (Å²) in [5, 5.41) is 5.04. The van der Waals surface area contributed by atoms with Gasteiger partial charge in [0, 0.05) is 11.8 Å². The molecule has 0 unspecified atom stereocenters.